The number of hydrogen-bond acceptors (Lipinski definition) is 3. The van der Waals surface area contributed by atoms with Gasteiger partial charge in [0.2, 0.25) is 11.5 Å². The number of rotatable bonds is 9. The third-order valence-corrected chi connectivity index (χ3v) is 10.7. The molecule has 0 spiro atoms. The molecule has 4 nitrogen and oxygen atoms in total. The normalized spacial score (nSPS) is 14.2. The molecule has 0 saturated carbocycles. The summed E-state index contributed by atoms with van der Waals surface area (Å²) in [5, 5.41) is 1.39. The number of aromatic nitrogens is 1. The van der Waals surface area contributed by atoms with Crippen molar-refractivity contribution in [2.24, 2.45) is 0 Å². The summed E-state index contributed by atoms with van der Waals surface area (Å²) in [7, 11) is 0. The highest BCUT2D eigenvalue weighted by molar-refractivity contribution is 7.12. The molecule has 0 bridgehead atoms. The lowest BCUT2D eigenvalue weighted by Gasteiger charge is -2.48. The lowest BCUT2D eigenvalue weighted by Crippen LogP contribution is -2.69. The van der Waals surface area contributed by atoms with Gasteiger partial charge < -0.3 is 14.1 Å². The molecular weight excluding hydrogens is 670 g/mol. The summed E-state index contributed by atoms with van der Waals surface area (Å²) in [6.07, 6.45) is 4.20. The predicted molar refractivity (Wildman–Crippen MR) is 218 cm³/mol. The molecule has 0 radical (unpaired) electrons. The van der Waals surface area contributed by atoms with Crippen LogP contribution < -0.4 is 30.6 Å². The van der Waals surface area contributed by atoms with Crippen LogP contribution in [0.5, 0.6) is 5.75 Å². The molecule has 1 aromatic heterocycles. The van der Waals surface area contributed by atoms with E-state index in [1.807, 2.05) is 55.5 Å². The first-order chi connectivity index (χ1) is 24.8. The summed E-state index contributed by atoms with van der Waals surface area (Å²) in [4.78, 5) is 2.10. The third-order valence-electron chi connectivity index (χ3n) is 10.2. The van der Waals surface area contributed by atoms with Gasteiger partial charge in [-0.15, -0.1) is 0 Å². The van der Waals surface area contributed by atoms with Gasteiger partial charge >= 0.3 is 5.89 Å². The molecule has 260 valence electrons. The Morgan fingerprint density at radius 2 is 1.31 bits per heavy atom. The third kappa shape index (κ3) is 7.38. The van der Waals surface area contributed by atoms with E-state index in [0.717, 1.165) is 59.4 Å². The van der Waals surface area contributed by atoms with Gasteiger partial charge in [-0.25, -0.2) is 0 Å². The molecule has 2 heterocycles. The minimum atomic E-state index is -0.974. The van der Waals surface area contributed by atoms with Crippen LogP contribution in [0.4, 0.5) is 5.69 Å². The highest BCUT2D eigenvalue weighted by Crippen LogP contribution is 2.40. The molecule has 0 N–H and O–H groups in total. The number of nitrogens with zero attached hydrogens (tertiary/aromatic N) is 2. The molecule has 1 atom stereocenters. The zero-order valence-electron chi connectivity index (χ0n) is 30.0. The second-order valence-electron chi connectivity index (χ2n) is 13.2. The summed E-state index contributed by atoms with van der Waals surface area (Å²) in [5.41, 5.74) is 8.08. The molecule has 0 fully saturated rings. The fraction of sp³-hybridized carbons (Fsp3) is 0.205. The molecule has 0 saturated heterocycles. The Kier molecular flexibility index (Phi) is 11.4. The first kappa shape index (κ1) is 36.1. The van der Waals surface area contributed by atoms with Gasteiger partial charge in [-0.05, 0) is 56.7 Å². The number of anilines is 1. The van der Waals surface area contributed by atoms with Crippen molar-refractivity contribution in [2.75, 3.05) is 11.4 Å². The van der Waals surface area contributed by atoms with Crippen LogP contribution >= 0.6 is 23.2 Å². The SMILES string of the molecule is CCC(C)[B-](c1ccccc1)(c1ccccc1)c1ccccc1.CCN1/C(=C/C(C)=C/c2oc3ccc(Cl)cc3[n+]2CC)Oc2ccc(Cl)cc21. The van der Waals surface area contributed by atoms with E-state index in [1.54, 1.807) is 0 Å². The van der Waals surface area contributed by atoms with Crippen LogP contribution in [0.25, 0.3) is 17.2 Å². The Bertz CT molecular complexity index is 2050. The maximum Gasteiger partial charge on any atom is 0.374 e. The summed E-state index contributed by atoms with van der Waals surface area (Å²) in [6.45, 7) is 12.5. The van der Waals surface area contributed by atoms with Gasteiger partial charge in [0.05, 0.1) is 17.9 Å². The Labute approximate surface area is 312 Å². The van der Waals surface area contributed by atoms with Crippen LogP contribution in [-0.4, -0.2) is 12.7 Å². The Hall–Kier alpha value is -4.71. The zero-order chi connectivity index (χ0) is 36.0. The molecule has 0 amide bonds. The van der Waals surface area contributed by atoms with E-state index in [-0.39, 0.29) is 0 Å². The number of oxazole rings is 1. The van der Waals surface area contributed by atoms with E-state index in [9.17, 15) is 0 Å². The van der Waals surface area contributed by atoms with Crippen molar-refractivity contribution >= 4 is 68.6 Å². The van der Waals surface area contributed by atoms with E-state index in [2.05, 4.69) is 128 Å². The van der Waals surface area contributed by atoms with Crippen molar-refractivity contribution in [2.45, 2.75) is 53.4 Å². The average molecular weight is 716 g/mol. The highest BCUT2D eigenvalue weighted by Gasteiger charge is 2.34. The first-order valence-corrected chi connectivity index (χ1v) is 18.6. The van der Waals surface area contributed by atoms with Crippen molar-refractivity contribution in [1.29, 1.82) is 0 Å². The number of benzene rings is 5. The highest BCUT2D eigenvalue weighted by atomic mass is 35.5. The minimum absolute atomic E-state index is 0.558. The number of hydrogen-bond donors (Lipinski definition) is 0. The van der Waals surface area contributed by atoms with E-state index in [4.69, 9.17) is 32.4 Å². The van der Waals surface area contributed by atoms with Crippen LogP contribution in [0.2, 0.25) is 15.9 Å². The second kappa shape index (κ2) is 16.1. The van der Waals surface area contributed by atoms with E-state index < -0.39 is 6.15 Å². The van der Waals surface area contributed by atoms with Crippen LogP contribution in [0.3, 0.4) is 0 Å². The monoisotopic (exact) mass is 714 g/mol. The Morgan fingerprint density at radius 1 is 0.765 bits per heavy atom. The van der Waals surface area contributed by atoms with E-state index in [1.165, 1.54) is 16.4 Å². The molecule has 1 aliphatic heterocycles. The van der Waals surface area contributed by atoms with Crippen molar-refractivity contribution in [1.82, 2.24) is 0 Å². The van der Waals surface area contributed by atoms with Crippen LogP contribution in [0.15, 0.2) is 149 Å². The van der Waals surface area contributed by atoms with Crippen LogP contribution in [-0.2, 0) is 6.54 Å². The Morgan fingerprint density at radius 3 is 1.84 bits per heavy atom. The molecule has 7 heteroatoms. The van der Waals surface area contributed by atoms with Gasteiger partial charge in [-0.1, -0.05) is 134 Å². The Balaban J connectivity index is 0.000000179. The average Bonchev–Trinajstić information content (AvgIpc) is 3.68. The fourth-order valence-electron chi connectivity index (χ4n) is 7.63. The summed E-state index contributed by atoms with van der Waals surface area (Å²) in [6, 6.07) is 44.4. The maximum absolute atomic E-state index is 6.15. The summed E-state index contributed by atoms with van der Waals surface area (Å²) >= 11 is 12.3. The number of halogens is 2. The molecular formula is C44H45BCl2N2O2. The fourth-order valence-corrected chi connectivity index (χ4v) is 7.97. The number of allylic oxidation sites excluding steroid dienone is 2. The molecule has 6 aromatic rings. The van der Waals surface area contributed by atoms with E-state index in [0.29, 0.717) is 15.9 Å². The summed E-state index contributed by atoms with van der Waals surface area (Å²) in [5.74, 6) is 2.92. The lowest BCUT2D eigenvalue weighted by molar-refractivity contribution is -0.674. The largest absolute Gasteiger partial charge is 0.439 e. The quantitative estimate of drug-likeness (QED) is 0.110. The molecule has 5 aromatic carbocycles. The van der Waals surface area contributed by atoms with Gasteiger partial charge in [0, 0.05) is 28.7 Å². The standard InChI is InChI=1S/C22H24B.C22H21Cl2N2O2/c1-3-19(2)23(20-13-7-4-8-14-20,21-15-9-5-10-16-21)22-17-11-6-12-18-22;1-4-25-17-12-15(23)6-8-19(17)27-21(25)10-14(3)11-22-26(5-2)18-13-16(24)7-9-20(18)28-22/h4-19H,3H2,1-2H3;6-13H,4-5H2,1-3H3/q-1;+1. The number of ether oxygens (including phenoxy) is 1. The predicted octanol–water partition coefficient (Wildman–Crippen LogP) is 10.2. The van der Waals surface area contributed by atoms with Crippen molar-refractivity contribution < 1.29 is 13.7 Å². The van der Waals surface area contributed by atoms with Crippen molar-refractivity contribution in [3.8, 4) is 5.75 Å². The molecule has 1 unspecified atom stereocenters. The van der Waals surface area contributed by atoms with Crippen molar-refractivity contribution in [3.63, 3.8) is 0 Å². The van der Waals surface area contributed by atoms with Gasteiger partial charge in [0.1, 0.15) is 6.54 Å². The molecule has 51 heavy (non-hydrogen) atoms. The molecule has 1 aliphatic rings. The van der Waals surface area contributed by atoms with E-state index >= 15 is 0 Å². The second-order valence-corrected chi connectivity index (χ2v) is 14.0. The molecule has 7 rings (SSSR count). The molecule has 0 aliphatic carbocycles. The van der Waals surface area contributed by atoms with Gasteiger partial charge in [0.15, 0.2) is 5.75 Å². The maximum atomic E-state index is 6.15. The minimum Gasteiger partial charge on any atom is -0.439 e. The van der Waals surface area contributed by atoms with Crippen LogP contribution in [0, 0.1) is 0 Å². The zero-order valence-corrected chi connectivity index (χ0v) is 31.5. The lowest BCUT2D eigenvalue weighted by atomic mass is 9.10. The number of fused-ring (bicyclic) bond motifs is 2. The van der Waals surface area contributed by atoms with Gasteiger partial charge in [0.25, 0.3) is 5.52 Å². The van der Waals surface area contributed by atoms with Crippen LogP contribution in [0.1, 0.15) is 46.9 Å². The smallest absolute Gasteiger partial charge is 0.374 e. The van der Waals surface area contributed by atoms with Crippen molar-refractivity contribution in [3.05, 3.63) is 161 Å². The van der Waals surface area contributed by atoms with Gasteiger partial charge in [-0.2, -0.15) is 26.8 Å². The van der Waals surface area contributed by atoms with Gasteiger partial charge in [-0.3, -0.25) is 0 Å². The topological polar surface area (TPSA) is 29.5 Å². The number of aryl methyl sites for hydroxylation is 1. The first-order valence-electron chi connectivity index (χ1n) is 17.9. The summed E-state index contributed by atoms with van der Waals surface area (Å²) < 4.78 is 14.2.